The highest BCUT2D eigenvalue weighted by molar-refractivity contribution is 7.89. The molecule has 0 bridgehead atoms. The van der Waals surface area contributed by atoms with E-state index in [4.69, 9.17) is 5.73 Å². The van der Waals surface area contributed by atoms with Crippen molar-refractivity contribution in [1.82, 2.24) is 14.5 Å². The zero-order chi connectivity index (χ0) is 16.8. The molecule has 1 aromatic carbocycles. The predicted molar refractivity (Wildman–Crippen MR) is 88.7 cm³/mol. The number of aryl methyl sites for hydroxylation is 3. The molecule has 0 radical (unpaired) electrons. The number of nitrogens with two attached hydrogens (primary N) is 1. The predicted octanol–water partition coefficient (Wildman–Crippen LogP) is 1.45. The average Bonchev–Trinajstić information content (AvgIpc) is 3.04. The first-order valence-corrected chi connectivity index (χ1v) is 9.08. The highest BCUT2D eigenvalue weighted by Gasteiger charge is 2.40. The molecule has 1 saturated heterocycles. The first-order chi connectivity index (χ1) is 10.8. The molecule has 3 rings (SSSR count). The monoisotopic (exact) mass is 334 g/mol. The summed E-state index contributed by atoms with van der Waals surface area (Å²) in [6, 6.07) is 7.92. The molecule has 124 valence electrons. The largest absolute Gasteiger partial charge is 0.326 e. The van der Waals surface area contributed by atoms with Gasteiger partial charge in [-0.05, 0) is 26.3 Å². The molecule has 1 aliphatic rings. The number of hydrogen-bond donors (Lipinski definition) is 2. The van der Waals surface area contributed by atoms with Gasteiger partial charge in [0.2, 0.25) is 10.0 Å². The molecule has 0 unspecified atom stereocenters. The molecule has 2 heterocycles. The summed E-state index contributed by atoms with van der Waals surface area (Å²) in [5.41, 5.74) is 9.56. The Labute approximate surface area is 136 Å². The SMILES string of the molecule is Cc1ccc([C@H]2CN(S(=O)(=O)c3c(C)n[nH]c3C)C[C@@H]2N)cc1. The van der Waals surface area contributed by atoms with Crippen LogP contribution in [0.1, 0.15) is 28.4 Å². The van der Waals surface area contributed by atoms with Crippen molar-refractivity contribution in [3.05, 3.63) is 46.8 Å². The van der Waals surface area contributed by atoms with Crippen LogP contribution in [0.25, 0.3) is 0 Å². The minimum atomic E-state index is -3.58. The lowest BCUT2D eigenvalue weighted by Crippen LogP contribution is -2.32. The van der Waals surface area contributed by atoms with Crippen LogP contribution in [-0.2, 0) is 10.0 Å². The molecule has 7 heteroatoms. The van der Waals surface area contributed by atoms with Crippen LogP contribution in [0.5, 0.6) is 0 Å². The van der Waals surface area contributed by atoms with Gasteiger partial charge in [-0.15, -0.1) is 0 Å². The number of rotatable bonds is 3. The number of nitrogens with zero attached hydrogens (tertiary/aromatic N) is 2. The van der Waals surface area contributed by atoms with Gasteiger partial charge in [-0.2, -0.15) is 9.40 Å². The number of H-pyrrole nitrogens is 1. The second kappa shape index (κ2) is 5.74. The third kappa shape index (κ3) is 2.80. The van der Waals surface area contributed by atoms with E-state index in [1.165, 1.54) is 9.87 Å². The highest BCUT2D eigenvalue weighted by atomic mass is 32.2. The van der Waals surface area contributed by atoms with Gasteiger partial charge in [0.1, 0.15) is 4.90 Å². The van der Waals surface area contributed by atoms with Crippen molar-refractivity contribution in [2.75, 3.05) is 13.1 Å². The number of nitrogens with one attached hydrogen (secondary N) is 1. The maximum Gasteiger partial charge on any atom is 0.246 e. The van der Waals surface area contributed by atoms with Crippen LogP contribution in [0.4, 0.5) is 0 Å². The van der Waals surface area contributed by atoms with Gasteiger partial charge >= 0.3 is 0 Å². The second-order valence-electron chi connectivity index (χ2n) is 6.27. The van der Waals surface area contributed by atoms with Crippen LogP contribution in [0.15, 0.2) is 29.2 Å². The van der Waals surface area contributed by atoms with Gasteiger partial charge in [-0.25, -0.2) is 8.42 Å². The molecular weight excluding hydrogens is 312 g/mol. The molecular formula is C16H22N4O2S. The molecule has 1 aromatic heterocycles. The topological polar surface area (TPSA) is 92.1 Å². The van der Waals surface area contributed by atoms with E-state index in [9.17, 15) is 8.42 Å². The molecule has 0 saturated carbocycles. The Balaban J connectivity index is 1.90. The Morgan fingerprint density at radius 1 is 1.17 bits per heavy atom. The maximum absolute atomic E-state index is 12.9. The lowest BCUT2D eigenvalue weighted by molar-refractivity contribution is 0.469. The van der Waals surface area contributed by atoms with Crippen LogP contribution in [0, 0.1) is 20.8 Å². The van der Waals surface area contributed by atoms with Gasteiger partial charge in [-0.1, -0.05) is 29.8 Å². The highest BCUT2D eigenvalue weighted by Crippen LogP contribution is 2.32. The summed E-state index contributed by atoms with van der Waals surface area (Å²) in [4.78, 5) is 0.272. The van der Waals surface area contributed by atoms with Crippen LogP contribution < -0.4 is 5.73 Å². The standard InChI is InChI=1S/C16H22N4O2S/c1-10-4-6-13(7-5-10)14-8-20(9-15(14)17)23(21,22)16-11(2)18-19-12(16)3/h4-7,14-15H,8-9,17H2,1-3H3,(H,18,19)/t14-,15+/m1/s1. The lowest BCUT2D eigenvalue weighted by Gasteiger charge is -2.17. The van der Waals surface area contributed by atoms with E-state index >= 15 is 0 Å². The van der Waals surface area contributed by atoms with Crippen LogP contribution in [0.2, 0.25) is 0 Å². The zero-order valence-corrected chi connectivity index (χ0v) is 14.4. The third-order valence-electron chi connectivity index (χ3n) is 4.50. The maximum atomic E-state index is 12.9. The number of aromatic amines is 1. The van der Waals surface area contributed by atoms with Crippen LogP contribution in [-0.4, -0.2) is 42.1 Å². The van der Waals surface area contributed by atoms with E-state index in [2.05, 4.69) is 10.2 Å². The average molecular weight is 334 g/mol. The van der Waals surface area contributed by atoms with Gasteiger partial charge in [-0.3, -0.25) is 5.10 Å². The molecule has 23 heavy (non-hydrogen) atoms. The molecule has 3 N–H and O–H groups in total. The smallest absolute Gasteiger partial charge is 0.246 e. The minimum absolute atomic E-state index is 0.0119. The Hall–Kier alpha value is -1.70. The van der Waals surface area contributed by atoms with Crippen molar-refractivity contribution >= 4 is 10.0 Å². The van der Waals surface area contributed by atoms with Crippen molar-refractivity contribution in [3.63, 3.8) is 0 Å². The Kier molecular flexibility index (Phi) is 4.03. The van der Waals surface area contributed by atoms with Crippen LogP contribution in [0.3, 0.4) is 0 Å². The first kappa shape index (κ1) is 16.2. The van der Waals surface area contributed by atoms with Crippen molar-refractivity contribution in [2.45, 2.75) is 37.6 Å². The molecule has 0 amide bonds. The van der Waals surface area contributed by atoms with Gasteiger partial charge in [0, 0.05) is 25.0 Å². The van der Waals surface area contributed by atoms with E-state index in [1.807, 2.05) is 31.2 Å². The fourth-order valence-electron chi connectivity index (χ4n) is 3.20. The zero-order valence-electron chi connectivity index (χ0n) is 13.6. The van der Waals surface area contributed by atoms with E-state index in [1.54, 1.807) is 13.8 Å². The Morgan fingerprint density at radius 3 is 2.39 bits per heavy atom. The second-order valence-corrected chi connectivity index (χ2v) is 8.14. The normalized spacial score (nSPS) is 22.6. The van der Waals surface area contributed by atoms with Gasteiger partial charge in [0.05, 0.1) is 11.4 Å². The first-order valence-electron chi connectivity index (χ1n) is 7.64. The summed E-state index contributed by atoms with van der Waals surface area (Å²) in [5.74, 6) is 0.0119. The van der Waals surface area contributed by atoms with Crippen LogP contribution >= 0.6 is 0 Å². The number of benzene rings is 1. The van der Waals surface area contributed by atoms with Crippen molar-refractivity contribution < 1.29 is 8.42 Å². The van der Waals surface area contributed by atoms with Crippen molar-refractivity contribution in [1.29, 1.82) is 0 Å². The van der Waals surface area contributed by atoms with Crippen molar-refractivity contribution in [2.24, 2.45) is 5.73 Å². The van der Waals surface area contributed by atoms with E-state index in [-0.39, 0.29) is 16.9 Å². The van der Waals surface area contributed by atoms with Gasteiger partial charge in [0.15, 0.2) is 0 Å². The summed E-state index contributed by atoms with van der Waals surface area (Å²) < 4.78 is 27.3. The van der Waals surface area contributed by atoms with Crippen molar-refractivity contribution in [3.8, 4) is 0 Å². The molecule has 6 nitrogen and oxygen atoms in total. The molecule has 0 aliphatic carbocycles. The van der Waals surface area contributed by atoms with E-state index < -0.39 is 10.0 Å². The summed E-state index contributed by atoms with van der Waals surface area (Å²) in [6.07, 6.45) is 0. The Bertz CT molecular complexity index is 792. The summed E-state index contributed by atoms with van der Waals surface area (Å²) >= 11 is 0. The van der Waals surface area contributed by atoms with Gasteiger partial charge in [0.25, 0.3) is 0 Å². The number of hydrogen-bond acceptors (Lipinski definition) is 4. The Morgan fingerprint density at radius 2 is 1.83 bits per heavy atom. The third-order valence-corrected chi connectivity index (χ3v) is 6.59. The summed E-state index contributed by atoms with van der Waals surface area (Å²) in [5, 5.41) is 6.74. The summed E-state index contributed by atoms with van der Waals surface area (Å²) in [7, 11) is -3.58. The number of sulfonamides is 1. The molecule has 1 aliphatic heterocycles. The molecule has 2 aromatic rings. The van der Waals surface area contributed by atoms with Gasteiger partial charge < -0.3 is 5.73 Å². The van der Waals surface area contributed by atoms with E-state index in [0.29, 0.717) is 24.5 Å². The quantitative estimate of drug-likeness (QED) is 0.888. The van der Waals surface area contributed by atoms with E-state index in [0.717, 1.165) is 5.56 Å². The molecule has 2 atom stereocenters. The summed E-state index contributed by atoms with van der Waals surface area (Å²) in [6.45, 7) is 6.17. The molecule has 1 fully saturated rings. The fourth-order valence-corrected chi connectivity index (χ4v) is 5.04. The fraction of sp³-hybridized carbons (Fsp3) is 0.438. The molecule has 0 spiro atoms. The minimum Gasteiger partial charge on any atom is -0.326 e. The number of aromatic nitrogens is 2. The lowest BCUT2D eigenvalue weighted by atomic mass is 9.94.